The van der Waals surface area contributed by atoms with Gasteiger partial charge in [0.2, 0.25) is 0 Å². The van der Waals surface area contributed by atoms with Gasteiger partial charge in [0.25, 0.3) is 0 Å². The first-order valence-electron chi connectivity index (χ1n) is 5.81. The Labute approximate surface area is 106 Å². The molecule has 0 amide bonds. The molecule has 2 heterocycles. The molecule has 2 unspecified atom stereocenters. The van der Waals surface area contributed by atoms with Crippen molar-refractivity contribution in [2.75, 3.05) is 19.6 Å². The van der Waals surface area contributed by atoms with E-state index in [0.29, 0.717) is 12.0 Å². The van der Waals surface area contributed by atoms with Crippen LogP contribution < -0.4 is 5.73 Å². The van der Waals surface area contributed by atoms with Gasteiger partial charge in [-0.25, -0.2) is 4.98 Å². The molecule has 1 aliphatic rings. The monoisotopic (exact) mass is 259 g/mol. The van der Waals surface area contributed by atoms with E-state index in [0.717, 1.165) is 29.0 Å². The van der Waals surface area contributed by atoms with Crippen LogP contribution in [0.2, 0.25) is 4.34 Å². The van der Waals surface area contributed by atoms with Crippen molar-refractivity contribution < 1.29 is 0 Å². The van der Waals surface area contributed by atoms with Crippen LogP contribution in [0.15, 0.2) is 6.20 Å². The van der Waals surface area contributed by atoms with Gasteiger partial charge in [0, 0.05) is 0 Å². The Kier molecular flexibility index (Phi) is 4.19. The summed E-state index contributed by atoms with van der Waals surface area (Å²) in [7, 11) is 0. The van der Waals surface area contributed by atoms with Crippen LogP contribution in [0.5, 0.6) is 0 Å². The van der Waals surface area contributed by atoms with Gasteiger partial charge in [-0.1, -0.05) is 18.5 Å². The van der Waals surface area contributed by atoms with E-state index < -0.39 is 0 Å². The lowest BCUT2D eigenvalue weighted by Crippen LogP contribution is -2.41. The highest BCUT2D eigenvalue weighted by atomic mass is 35.5. The number of hydrogen-bond donors (Lipinski definition) is 1. The lowest BCUT2D eigenvalue weighted by molar-refractivity contribution is 0.102. The smallest absolute Gasteiger partial charge is 0.113 e. The lowest BCUT2D eigenvalue weighted by atomic mass is 9.89. The highest BCUT2D eigenvalue weighted by Gasteiger charge is 2.32. The fourth-order valence-electron chi connectivity index (χ4n) is 2.51. The predicted octanol–water partition coefficient (Wildman–Crippen LogP) is 2.53. The van der Waals surface area contributed by atoms with Crippen molar-refractivity contribution in [3.05, 3.63) is 15.5 Å². The number of halogens is 1. The number of piperidine rings is 1. The first-order chi connectivity index (χ1) is 7.76. The molecule has 0 spiro atoms. The van der Waals surface area contributed by atoms with Crippen molar-refractivity contribution in [3.63, 3.8) is 0 Å². The first kappa shape index (κ1) is 12.3. The number of aromatic nitrogens is 1. The van der Waals surface area contributed by atoms with Gasteiger partial charge in [0.05, 0.1) is 12.2 Å². The van der Waals surface area contributed by atoms with Crippen molar-refractivity contribution in [1.82, 2.24) is 9.88 Å². The average Bonchev–Trinajstić information content (AvgIpc) is 2.74. The van der Waals surface area contributed by atoms with Crippen molar-refractivity contribution in [2.24, 2.45) is 11.7 Å². The highest BCUT2D eigenvalue weighted by Crippen LogP contribution is 2.37. The van der Waals surface area contributed by atoms with Crippen LogP contribution in [-0.2, 0) is 0 Å². The quantitative estimate of drug-likeness (QED) is 0.907. The van der Waals surface area contributed by atoms with Gasteiger partial charge in [0.15, 0.2) is 0 Å². The van der Waals surface area contributed by atoms with Crippen LogP contribution in [0.4, 0.5) is 0 Å². The van der Waals surface area contributed by atoms with Crippen LogP contribution in [0.3, 0.4) is 0 Å². The van der Waals surface area contributed by atoms with E-state index in [9.17, 15) is 0 Å². The largest absolute Gasteiger partial charge is 0.330 e. The molecule has 0 radical (unpaired) electrons. The third-order valence-electron chi connectivity index (χ3n) is 3.32. The van der Waals surface area contributed by atoms with Crippen molar-refractivity contribution in [1.29, 1.82) is 0 Å². The minimum absolute atomic E-state index is 0.376. The van der Waals surface area contributed by atoms with E-state index in [4.69, 9.17) is 17.3 Å². The van der Waals surface area contributed by atoms with Crippen molar-refractivity contribution in [2.45, 2.75) is 25.8 Å². The summed E-state index contributed by atoms with van der Waals surface area (Å²) in [5, 5.41) is 1.13. The minimum Gasteiger partial charge on any atom is -0.330 e. The summed E-state index contributed by atoms with van der Waals surface area (Å²) in [5.74, 6) is 0.524. The number of rotatable bonds is 3. The molecular formula is C11H18ClN3S. The topological polar surface area (TPSA) is 42.1 Å². The number of thiazole rings is 1. The van der Waals surface area contributed by atoms with E-state index in [1.807, 2.05) is 0 Å². The van der Waals surface area contributed by atoms with Crippen molar-refractivity contribution >= 4 is 22.9 Å². The van der Waals surface area contributed by atoms with Crippen LogP contribution in [0.1, 0.15) is 30.8 Å². The molecule has 2 rings (SSSR count). The number of nitrogens with two attached hydrogens (primary N) is 1. The molecule has 0 aromatic carbocycles. The summed E-state index contributed by atoms with van der Waals surface area (Å²) in [5.41, 5.74) is 5.87. The lowest BCUT2D eigenvalue weighted by Gasteiger charge is -2.39. The zero-order valence-electron chi connectivity index (χ0n) is 9.53. The molecule has 0 aliphatic carbocycles. The standard InChI is InChI=1S/C11H18ClN3S/c1-2-15-5-3-4-8(6-13)10(15)11-14-7-9(12)16-11/h7-8,10H,2-6,13H2,1H3. The van der Waals surface area contributed by atoms with E-state index in [2.05, 4.69) is 16.8 Å². The van der Waals surface area contributed by atoms with E-state index in [1.165, 1.54) is 12.8 Å². The molecule has 3 nitrogen and oxygen atoms in total. The van der Waals surface area contributed by atoms with Gasteiger partial charge in [0.1, 0.15) is 9.34 Å². The average molecular weight is 260 g/mol. The maximum atomic E-state index is 5.97. The van der Waals surface area contributed by atoms with E-state index >= 15 is 0 Å². The van der Waals surface area contributed by atoms with Crippen LogP contribution >= 0.6 is 22.9 Å². The van der Waals surface area contributed by atoms with Crippen LogP contribution in [0, 0.1) is 5.92 Å². The maximum Gasteiger partial charge on any atom is 0.113 e. The molecule has 0 bridgehead atoms. The Morgan fingerprint density at radius 3 is 3.06 bits per heavy atom. The molecule has 1 aromatic rings. The summed E-state index contributed by atoms with van der Waals surface area (Å²) in [6.45, 7) is 5.13. The molecule has 1 fully saturated rings. The molecule has 16 heavy (non-hydrogen) atoms. The Bertz CT molecular complexity index is 330. The SMILES string of the molecule is CCN1CCCC(CN)C1c1ncc(Cl)s1. The second kappa shape index (κ2) is 5.45. The molecule has 0 saturated carbocycles. The summed E-state index contributed by atoms with van der Waals surface area (Å²) >= 11 is 7.56. The Morgan fingerprint density at radius 1 is 1.69 bits per heavy atom. The molecule has 1 aliphatic heterocycles. The zero-order chi connectivity index (χ0) is 11.5. The van der Waals surface area contributed by atoms with Gasteiger partial charge in [-0.2, -0.15) is 0 Å². The van der Waals surface area contributed by atoms with Gasteiger partial charge >= 0.3 is 0 Å². The zero-order valence-corrected chi connectivity index (χ0v) is 11.1. The molecule has 5 heteroatoms. The van der Waals surface area contributed by atoms with Crippen LogP contribution in [0.25, 0.3) is 0 Å². The molecule has 2 atom stereocenters. The summed E-state index contributed by atoms with van der Waals surface area (Å²) in [6.07, 6.45) is 4.19. The minimum atomic E-state index is 0.376. The molecule has 2 N–H and O–H groups in total. The summed E-state index contributed by atoms with van der Waals surface area (Å²) in [4.78, 5) is 6.89. The summed E-state index contributed by atoms with van der Waals surface area (Å²) in [6, 6.07) is 0.376. The van der Waals surface area contributed by atoms with Gasteiger partial charge in [-0.05, 0) is 38.4 Å². The molecule has 1 aromatic heterocycles. The third-order valence-corrected chi connectivity index (χ3v) is 4.50. The van der Waals surface area contributed by atoms with E-state index in [1.54, 1.807) is 17.5 Å². The summed E-state index contributed by atoms with van der Waals surface area (Å²) < 4.78 is 0.771. The van der Waals surface area contributed by atoms with Gasteiger partial charge in [-0.15, -0.1) is 11.3 Å². The Hall–Kier alpha value is -0.160. The fourth-order valence-corrected chi connectivity index (χ4v) is 3.67. The first-order valence-corrected chi connectivity index (χ1v) is 7.01. The van der Waals surface area contributed by atoms with Crippen LogP contribution in [-0.4, -0.2) is 29.5 Å². The van der Waals surface area contributed by atoms with Gasteiger partial charge < -0.3 is 5.73 Å². The molecule has 1 saturated heterocycles. The normalized spacial score (nSPS) is 27.2. The van der Waals surface area contributed by atoms with Crippen molar-refractivity contribution in [3.8, 4) is 0 Å². The third kappa shape index (κ3) is 2.40. The Morgan fingerprint density at radius 2 is 2.50 bits per heavy atom. The molecular weight excluding hydrogens is 242 g/mol. The highest BCUT2D eigenvalue weighted by molar-refractivity contribution is 7.15. The second-order valence-corrected chi connectivity index (χ2v) is 5.91. The molecule has 90 valence electrons. The number of hydrogen-bond acceptors (Lipinski definition) is 4. The predicted molar refractivity (Wildman–Crippen MR) is 68.9 cm³/mol. The van der Waals surface area contributed by atoms with Gasteiger partial charge in [-0.3, -0.25) is 4.90 Å². The second-order valence-electron chi connectivity index (χ2n) is 4.21. The number of nitrogens with zero attached hydrogens (tertiary/aromatic N) is 2. The number of likely N-dealkylation sites (tertiary alicyclic amines) is 1. The fraction of sp³-hybridized carbons (Fsp3) is 0.727. The Balaban J connectivity index is 2.24. The maximum absolute atomic E-state index is 5.97. The van der Waals surface area contributed by atoms with E-state index in [-0.39, 0.29) is 0 Å².